The van der Waals surface area contributed by atoms with E-state index in [-0.39, 0.29) is 6.42 Å². The van der Waals surface area contributed by atoms with E-state index in [1.807, 2.05) is 0 Å². The van der Waals surface area contributed by atoms with Crippen LogP contribution in [0, 0.1) is 5.82 Å². The molecule has 94 valence electrons. The molecule has 0 aliphatic heterocycles. The van der Waals surface area contributed by atoms with Gasteiger partial charge in [-0.1, -0.05) is 19.1 Å². The van der Waals surface area contributed by atoms with Crippen LogP contribution in [0.15, 0.2) is 18.2 Å². The molecule has 2 nitrogen and oxygen atoms in total. The largest absolute Gasteiger partial charge is 0.481 e. The molecule has 1 aromatic rings. The maximum absolute atomic E-state index is 13.6. The molecule has 0 radical (unpaired) electrons. The minimum absolute atomic E-state index is 0.0214. The minimum atomic E-state index is -4.82. The zero-order valence-corrected chi connectivity index (χ0v) is 8.88. The van der Waals surface area contributed by atoms with Crippen LogP contribution in [0.4, 0.5) is 17.6 Å². The Balaban J connectivity index is 3.32. The van der Waals surface area contributed by atoms with Crippen molar-refractivity contribution in [3.63, 3.8) is 0 Å². The zero-order chi connectivity index (χ0) is 13.2. The Morgan fingerprint density at radius 3 is 2.41 bits per heavy atom. The first kappa shape index (κ1) is 13.5. The fourth-order valence-electron chi connectivity index (χ4n) is 1.57. The van der Waals surface area contributed by atoms with Gasteiger partial charge in [0.1, 0.15) is 5.82 Å². The lowest BCUT2D eigenvalue weighted by Crippen LogP contribution is -2.16. The van der Waals surface area contributed by atoms with Crippen molar-refractivity contribution >= 4 is 5.97 Å². The lowest BCUT2D eigenvalue weighted by Gasteiger charge is -2.15. The smallest absolute Gasteiger partial charge is 0.419 e. The van der Waals surface area contributed by atoms with Crippen LogP contribution in [-0.4, -0.2) is 11.1 Å². The topological polar surface area (TPSA) is 37.3 Å². The highest BCUT2D eigenvalue weighted by Crippen LogP contribution is 2.34. The predicted octanol–water partition coefficient (Wildman–Crippen LogP) is 3.42. The quantitative estimate of drug-likeness (QED) is 0.834. The van der Waals surface area contributed by atoms with E-state index in [4.69, 9.17) is 5.11 Å². The Morgan fingerprint density at radius 2 is 2.00 bits per heavy atom. The SMILES string of the molecule is CCC(C(=O)O)c1cccc(C(F)(F)F)c1F. The number of carboxylic acids is 1. The van der Waals surface area contributed by atoms with Crippen LogP contribution < -0.4 is 0 Å². The standard InChI is InChI=1S/C11H10F4O2/c1-2-6(10(16)17)7-4-3-5-8(9(7)12)11(13,14)15/h3-6H,2H2,1H3,(H,16,17). The molecule has 0 saturated heterocycles. The maximum atomic E-state index is 13.6. The third-order valence-corrected chi connectivity index (χ3v) is 2.42. The van der Waals surface area contributed by atoms with Gasteiger partial charge in [0.25, 0.3) is 0 Å². The number of halogens is 4. The molecule has 1 aromatic carbocycles. The number of hydrogen-bond donors (Lipinski definition) is 1. The van der Waals surface area contributed by atoms with Crippen molar-refractivity contribution < 1.29 is 27.5 Å². The fraction of sp³-hybridized carbons (Fsp3) is 0.364. The molecule has 6 heteroatoms. The summed E-state index contributed by atoms with van der Waals surface area (Å²) in [6.07, 6.45) is -4.80. The highest BCUT2D eigenvalue weighted by atomic mass is 19.4. The van der Waals surface area contributed by atoms with E-state index in [2.05, 4.69) is 0 Å². The van der Waals surface area contributed by atoms with Crippen molar-refractivity contribution in [2.24, 2.45) is 0 Å². The Morgan fingerprint density at radius 1 is 1.41 bits per heavy atom. The highest BCUT2D eigenvalue weighted by Gasteiger charge is 2.36. The van der Waals surface area contributed by atoms with Crippen molar-refractivity contribution in [3.8, 4) is 0 Å². The first-order valence-corrected chi connectivity index (χ1v) is 4.87. The molecule has 0 fully saturated rings. The Kier molecular flexibility index (Phi) is 3.75. The molecule has 0 bridgehead atoms. The molecule has 0 aliphatic carbocycles. The average Bonchev–Trinajstić information content (AvgIpc) is 2.19. The number of aliphatic carboxylic acids is 1. The summed E-state index contributed by atoms with van der Waals surface area (Å²) < 4.78 is 50.8. The monoisotopic (exact) mass is 250 g/mol. The van der Waals surface area contributed by atoms with Gasteiger partial charge >= 0.3 is 12.1 Å². The third-order valence-electron chi connectivity index (χ3n) is 2.42. The zero-order valence-electron chi connectivity index (χ0n) is 8.88. The summed E-state index contributed by atoms with van der Waals surface area (Å²) in [4.78, 5) is 10.8. The summed E-state index contributed by atoms with van der Waals surface area (Å²) in [7, 11) is 0. The van der Waals surface area contributed by atoms with Gasteiger partial charge in [-0.3, -0.25) is 4.79 Å². The van der Waals surface area contributed by atoms with Gasteiger partial charge in [0.2, 0.25) is 0 Å². The molecule has 1 atom stereocenters. The van der Waals surface area contributed by atoms with Gasteiger partial charge in [-0.2, -0.15) is 13.2 Å². The lowest BCUT2D eigenvalue weighted by atomic mass is 9.94. The summed E-state index contributed by atoms with van der Waals surface area (Å²) in [6, 6.07) is 2.66. The second-order valence-corrected chi connectivity index (χ2v) is 3.51. The number of hydrogen-bond acceptors (Lipinski definition) is 1. The molecule has 0 saturated carbocycles. The average molecular weight is 250 g/mol. The summed E-state index contributed by atoms with van der Waals surface area (Å²) >= 11 is 0. The van der Waals surface area contributed by atoms with Crippen LogP contribution in [0.5, 0.6) is 0 Å². The third kappa shape index (κ3) is 2.75. The molecule has 0 spiro atoms. The molecule has 1 N–H and O–H groups in total. The van der Waals surface area contributed by atoms with Crippen molar-refractivity contribution in [1.29, 1.82) is 0 Å². The second-order valence-electron chi connectivity index (χ2n) is 3.51. The van der Waals surface area contributed by atoms with Crippen molar-refractivity contribution in [1.82, 2.24) is 0 Å². The number of benzene rings is 1. The number of rotatable bonds is 3. The molecule has 0 heterocycles. The molecule has 0 aliphatic rings. The Labute approximate surface area is 94.9 Å². The number of carboxylic acid groups (broad SMARTS) is 1. The van der Waals surface area contributed by atoms with Crippen LogP contribution in [0.3, 0.4) is 0 Å². The summed E-state index contributed by atoms with van der Waals surface area (Å²) in [5, 5.41) is 8.80. The first-order valence-electron chi connectivity index (χ1n) is 4.87. The van der Waals surface area contributed by atoms with E-state index < -0.39 is 35.0 Å². The van der Waals surface area contributed by atoms with Crippen LogP contribution in [-0.2, 0) is 11.0 Å². The van der Waals surface area contributed by atoms with Gasteiger partial charge in [0, 0.05) is 5.56 Å². The predicted molar refractivity (Wildman–Crippen MR) is 52.1 cm³/mol. The van der Waals surface area contributed by atoms with Gasteiger partial charge in [0.15, 0.2) is 0 Å². The van der Waals surface area contributed by atoms with E-state index in [1.165, 1.54) is 6.92 Å². The number of alkyl halides is 3. The Hall–Kier alpha value is -1.59. The van der Waals surface area contributed by atoms with E-state index in [0.717, 1.165) is 12.1 Å². The first-order chi connectivity index (χ1) is 7.79. The van der Waals surface area contributed by atoms with Gasteiger partial charge in [-0.25, -0.2) is 4.39 Å². The lowest BCUT2D eigenvalue weighted by molar-refractivity contribution is -0.141. The second kappa shape index (κ2) is 4.73. The molecular weight excluding hydrogens is 240 g/mol. The summed E-state index contributed by atoms with van der Waals surface area (Å²) in [5.41, 5.74) is -1.87. The van der Waals surface area contributed by atoms with Gasteiger partial charge in [-0.05, 0) is 12.5 Å². The molecule has 1 unspecified atom stereocenters. The fourth-order valence-corrected chi connectivity index (χ4v) is 1.57. The molecule has 0 amide bonds. The van der Waals surface area contributed by atoms with Gasteiger partial charge in [-0.15, -0.1) is 0 Å². The van der Waals surface area contributed by atoms with Crippen molar-refractivity contribution in [3.05, 3.63) is 35.1 Å². The highest BCUT2D eigenvalue weighted by molar-refractivity contribution is 5.76. The normalized spacial score (nSPS) is 13.5. The Bertz CT molecular complexity index is 426. The van der Waals surface area contributed by atoms with Crippen molar-refractivity contribution in [2.75, 3.05) is 0 Å². The van der Waals surface area contributed by atoms with Crippen LogP contribution in [0.1, 0.15) is 30.4 Å². The van der Waals surface area contributed by atoms with E-state index in [9.17, 15) is 22.4 Å². The maximum Gasteiger partial charge on any atom is 0.419 e. The van der Waals surface area contributed by atoms with Crippen molar-refractivity contribution in [2.45, 2.75) is 25.4 Å². The number of carbonyl (C=O) groups is 1. The molecule has 0 aromatic heterocycles. The van der Waals surface area contributed by atoms with E-state index in [0.29, 0.717) is 6.07 Å². The van der Waals surface area contributed by atoms with Gasteiger partial charge in [0.05, 0.1) is 11.5 Å². The molecular formula is C11H10F4O2. The minimum Gasteiger partial charge on any atom is -0.481 e. The van der Waals surface area contributed by atoms with E-state index >= 15 is 0 Å². The van der Waals surface area contributed by atoms with Crippen LogP contribution in [0.2, 0.25) is 0 Å². The van der Waals surface area contributed by atoms with E-state index in [1.54, 1.807) is 0 Å². The summed E-state index contributed by atoms with van der Waals surface area (Å²) in [6.45, 7) is 1.47. The van der Waals surface area contributed by atoms with Crippen LogP contribution in [0.25, 0.3) is 0 Å². The van der Waals surface area contributed by atoms with Gasteiger partial charge < -0.3 is 5.11 Å². The van der Waals surface area contributed by atoms with Crippen LogP contribution >= 0.6 is 0 Å². The molecule has 17 heavy (non-hydrogen) atoms. The summed E-state index contributed by atoms with van der Waals surface area (Å²) in [5.74, 6) is -4.11. The molecule has 1 rings (SSSR count).